The van der Waals surface area contributed by atoms with E-state index in [0.717, 1.165) is 22.3 Å². The molecule has 0 aliphatic heterocycles. The Hall–Kier alpha value is -2.10. The fourth-order valence-electron chi connectivity index (χ4n) is 1.65. The number of aromatic nitrogens is 3. The molecule has 0 aliphatic rings. The second-order valence-corrected chi connectivity index (χ2v) is 3.38. The number of nitrogens with one attached hydrogen (secondary N) is 2. The van der Waals surface area contributed by atoms with Gasteiger partial charge in [0.15, 0.2) is 0 Å². The Labute approximate surface area is 84.9 Å². The number of halogens is 1. The van der Waals surface area contributed by atoms with Gasteiger partial charge in [-0.1, -0.05) is 0 Å². The standard InChI is InChI=1S/C11H8FN3/c12-8-2-1-7-5-11(14-10(7)6-8)9-3-4-13-15-9/h1-6,14H,(H,13,15). The van der Waals surface area contributed by atoms with Gasteiger partial charge in [0.1, 0.15) is 5.82 Å². The molecule has 4 heteroatoms. The van der Waals surface area contributed by atoms with Gasteiger partial charge in [-0.15, -0.1) is 0 Å². The van der Waals surface area contributed by atoms with Gasteiger partial charge >= 0.3 is 0 Å². The van der Waals surface area contributed by atoms with Crippen molar-refractivity contribution in [2.24, 2.45) is 0 Å². The molecule has 0 fully saturated rings. The van der Waals surface area contributed by atoms with Gasteiger partial charge in [0.2, 0.25) is 0 Å². The maximum Gasteiger partial charge on any atom is 0.125 e. The first kappa shape index (κ1) is 8.23. The second-order valence-electron chi connectivity index (χ2n) is 3.38. The molecule has 3 aromatic rings. The number of rotatable bonds is 1. The summed E-state index contributed by atoms with van der Waals surface area (Å²) in [5, 5.41) is 7.71. The molecule has 2 heterocycles. The highest BCUT2D eigenvalue weighted by atomic mass is 19.1. The van der Waals surface area contributed by atoms with Crippen LogP contribution in [0.4, 0.5) is 4.39 Å². The molecule has 0 saturated carbocycles. The molecule has 2 N–H and O–H groups in total. The van der Waals surface area contributed by atoms with Crippen molar-refractivity contribution in [3.63, 3.8) is 0 Å². The molecular formula is C11H8FN3. The van der Waals surface area contributed by atoms with E-state index in [9.17, 15) is 4.39 Å². The number of benzene rings is 1. The molecule has 3 nitrogen and oxygen atoms in total. The zero-order valence-corrected chi connectivity index (χ0v) is 7.79. The molecule has 0 atom stereocenters. The van der Waals surface area contributed by atoms with Gasteiger partial charge in [-0.3, -0.25) is 5.10 Å². The summed E-state index contributed by atoms with van der Waals surface area (Å²) in [5.74, 6) is -0.236. The monoisotopic (exact) mass is 201 g/mol. The van der Waals surface area contributed by atoms with E-state index < -0.39 is 0 Å². The van der Waals surface area contributed by atoms with Gasteiger partial charge in [0, 0.05) is 17.1 Å². The number of aromatic amines is 2. The van der Waals surface area contributed by atoms with Crippen LogP contribution < -0.4 is 0 Å². The van der Waals surface area contributed by atoms with Crippen LogP contribution in [0.25, 0.3) is 22.3 Å². The van der Waals surface area contributed by atoms with Crippen LogP contribution in [0.2, 0.25) is 0 Å². The molecular weight excluding hydrogens is 193 g/mol. The van der Waals surface area contributed by atoms with E-state index in [0.29, 0.717) is 0 Å². The Morgan fingerprint density at radius 2 is 2.00 bits per heavy atom. The van der Waals surface area contributed by atoms with Crippen molar-refractivity contribution < 1.29 is 4.39 Å². The van der Waals surface area contributed by atoms with Crippen LogP contribution in [0.5, 0.6) is 0 Å². The summed E-state index contributed by atoms with van der Waals surface area (Å²) in [6, 6.07) is 8.51. The van der Waals surface area contributed by atoms with Crippen molar-refractivity contribution >= 4 is 10.9 Å². The number of H-pyrrole nitrogens is 2. The largest absolute Gasteiger partial charge is 0.353 e. The Kier molecular flexibility index (Phi) is 1.62. The molecule has 0 bridgehead atoms. The van der Waals surface area contributed by atoms with Crippen LogP contribution in [0.3, 0.4) is 0 Å². The Bertz CT molecular complexity index is 595. The maximum atomic E-state index is 12.9. The van der Waals surface area contributed by atoms with Crippen LogP contribution in [-0.4, -0.2) is 15.2 Å². The molecule has 2 aromatic heterocycles. The number of fused-ring (bicyclic) bond motifs is 1. The topological polar surface area (TPSA) is 44.5 Å². The minimum atomic E-state index is -0.236. The Balaban J connectivity index is 2.22. The lowest BCUT2D eigenvalue weighted by Gasteiger charge is -1.89. The SMILES string of the molecule is Fc1ccc2cc(-c3ccn[nH]3)[nH]c2c1. The summed E-state index contributed by atoms with van der Waals surface area (Å²) in [4.78, 5) is 3.13. The van der Waals surface area contributed by atoms with E-state index in [1.165, 1.54) is 12.1 Å². The number of nitrogens with zero attached hydrogens (tertiary/aromatic N) is 1. The van der Waals surface area contributed by atoms with Crippen LogP contribution in [-0.2, 0) is 0 Å². The molecule has 0 radical (unpaired) electrons. The first-order chi connectivity index (χ1) is 7.33. The van der Waals surface area contributed by atoms with Gasteiger partial charge in [0.05, 0.1) is 11.4 Å². The molecule has 1 aromatic carbocycles. The third-order valence-electron chi connectivity index (χ3n) is 2.38. The molecule has 0 amide bonds. The lowest BCUT2D eigenvalue weighted by Crippen LogP contribution is -1.76. The van der Waals surface area contributed by atoms with E-state index in [4.69, 9.17) is 0 Å². The highest BCUT2D eigenvalue weighted by molar-refractivity contribution is 5.85. The molecule has 0 saturated heterocycles. The van der Waals surface area contributed by atoms with Crippen molar-refractivity contribution in [2.45, 2.75) is 0 Å². The van der Waals surface area contributed by atoms with Gasteiger partial charge < -0.3 is 4.98 Å². The van der Waals surface area contributed by atoms with Crippen molar-refractivity contribution in [1.82, 2.24) is 15.2 Å². The fourth-order valence-corrected chi connectivity index (χ4v) is 1.65. The molecule has 3 rings (SSSR count). The number of hydrogen-bond donors (Lipinski definition) is 2. The first-order valence-corrected chi connectivity index (χ1v) is 4.61. The lowest BCUT2D eigenvalue weighted by molar-refractivity contribution is 0.629. The van der Waals surface area contributed by atoms with E-state index in [1.54, 1.807) is 12.3 Å². The highest BCUT2D eigenvalue weighted by Gasteiger charge is 2.04. The van der Waals surface area contributed by atoms with Crippen molar-refractivity contribution in [2.75, 3.05) is 0 Å². The summed E-state index contributed by atoms with van der Waals surface area (Å²) < 4.78 is 12.9. The molecule has 0 unspecified atom stereocenters. The first-order valence-electron chi connectivity index (χ1n) is 4.61. The van der Waals surface area contributed by atoms with E-state index >= 15 is 0 Å². The maximum absolute atomic E-state index is 12.9. The minimum Gasteiger partial charge on any atom is -0.353 e. The van der Waals surface area contributed by atoms with Crippen molar-refractivity contribution in [1.29, 1.82) is 0 Å². The summed E-state index contributed by atoms with van der Waals surface area (Å²) in [7, 11) is 0. The Morgan fingerprint density at radius 3 is 2.80 bits per heavy atom. The Morgan fingerprint density at radius 1 is 1.07 bits per heavy atom. The summed E-state index contributed by atoms with van der Waals surface area (Å²) in [5.41, 5.74) is 2.60. The lowest BCUT2D eigenvalue weighted by atomic mass is 10.2. The molecule has 0 aliphatic carbocycles. The average Bonchev–Trinajstić information content (AvgIpc) is 2.84. The third-order valence-corrected chi connectivity index (χ3v) is 2.38. The minimum absolute atomic E-state index is 0.236. The zero-order chi connectivity index (χ0) is 10.3. The van der Waals surface area contributed by atoms with Gasteiger partial charge in [-0.25, -0.2) is 4.39 Å². The van der Waals surface area contributed by atoms with Crippen molar-refractivity contribution in [3.05, 3.63) is 42.3 Å². The average molecular weight is 201 g/mol. The van der Waals surface area contributed by atoms with Crippen LogP contribution in [0.15, 0.2) is 36.5 Å². The van der Waals surface area contributed by atoms with Gasteiger partial charge in [0.25, 0.3) is 0 Å². The van der Waals surface area contributed by atoms with Crippen LogP contribution >= 0.6 is 0 Å². The fraction of sp³-hybridized carbons (Fsp3) is 0. The predicted molar refractivity (Wildman–Crippen MR) is 55.8 cm³/mol. The molecule has 0 spiro atoms. The zero-order valence-electron chi connectivity index (χ0n) is 7.79. The summed E-state index contributed by atoms with van der Waals surface area (Å²) in [6.07, 6.45) is 1.68. The second kappa shape index (κ2) is 2.95. The summed E-state index contributed by atoms with van der Waals surface area (Å²) in [6.45, 7) is 0. The van der Waals surface area contributed by atoms with Crippen molar-refractivity contribution in [3.8, 4) is 11.4 Å². The quantitative estimate of drug-likeness (QED) is 0.624. The number of hydrogen-bond acceptors (Lipinski definition) is 1. The normalized spacial score (nSPS) is 11.0. The molecule has 15 heavy (non-hydrogen) atoms. The molecule has 74 valence electrons. The van der Waals surface area contributed by atoms with Crippen LogP contribution in [0.1, 0.15) is 0 Å². The predicted octanol–water partition coefficient (Wildman–Crippen LogP) is 2.70. The van der Waals surface area contributed by atoms with E-state index in [-0.39, 0.29) is 5.82 Å². The third kappa shape index (κ3) is 1.30. The van der Waals surface area contributed by atoms with Gasteiger partial charge in [-0.2, -0.15) is 5.10 Å². The van der Waals surface area contributed by atoms with E-state index in [1.807, 2.05) is 12.1 Å². The summed E-state index contributed by atoms with van der Waals surface area (Å²) >= 11 is 0. The smallest absolute Gasteiger partial charge is 0.125 e. The highest BCUT2D eigenvalue weighted by Crippen LogP contribution is 2.22. The van der Waals surface area contributed by atoms with E-state index in [2.05, 4.69) is 15.2 Å². The van der Waals surface area contributed by atoms with Crippen LogP contribution in [0, 0.1) is 5.82 Å². The van der Waals surface area contributed by atoms with Gasteiger partial charge in [-0.05, 0) is 30.3 Å².